The fourth-order valence-electron chi connectivity index (χ4n) is 4.50. The zero-order valence-electron chi connectivity index (χ0n) is 21.3. The summed E-state index contributed by atoms with van der Waals surface area (Å²) in [7, 11) is 0. The van der Waals surface area contributed by atoms with Gasteiger partial charge in [-0.25, -0.2) is 9.37 Å². The molecule has 2 aromatic rings. The third-order valence-corrected chi connectivity index (χ3v) is 8.20. The maximum atomic E-state index is 14.3. The smallest absolute Gasteiger partial charge is 0.258 e. The van der Waals surface area contributed by atoms with Crippen LogP contribution in [0.5, 0.6) is 0 Å². The second-order valence-corrected chi connectivity index (χ2v) is 12.5. The van der Waals surface area contributed by atoms with Crippen molar-refractivity contribution in [3.8, 4) is 10.4 Å². The van der Waals surface area contributed by atoms with Crippen LogP contribution in [0, 0.1) is 6.92 Å². The van der Waals surface area contributed by atoms with Crippen LogP contribution in [0.15, 0.2) is 29.8 Å². The topological polar surface area (TPSA) is 112 Å². The molecule has 4 rings (SSSR count). The van der Waals surface area contributed by atoms with E-state index in [2.05, 4.69) is 28.2 Å². The first-order chi connectivity index (χ1) is 17.3. The van der Waals surface area contributed by atoms with E-state index in [0.29, 0.717) is 0 Å². The predicted molar refractivity (Wildman–Crippen MR) is 143 cm³/mol. The van der Waals surface area contributed by atoms with Crippen LogP contribution in [0.2, 0.25) is 0 Å². The summed E-state index contributed by atoms with van der Waals surface area (Å²) in [4.78, 5) is 45.8. The SMILES string of the molecule is Cc1ncsc1-c1ccc([C@H](C)NC(=O)[C@H]2C[C@@H](O)CN2C(=O)[C@@H](NC(=O)C2(F)CC2)C(C)(C)S)cc1. The summed E-state index contributed by atoms with van der Waals surface area (Å²) in [5, 5.41) is 15.8. The van der Waals surface area contributed by atoms with Gasteiger partial charge in [-0.05, 0) is 51.7 Å². The Kier molecular flexibility index (Phi) is 7.69. The quantitative estimate of drug-likeness (QED) is 0.379. The lowest BCUT2D eigenvalue weighted by Gasteiger charge is -2.35. The van der Waals surface area contributed by atoms with Crippen LogP contribution in [0.4, 0.5) is 4.39 Å². The molecule has 11 heteroatoms. The number of thiazole rings is 1. The first kappa shape index (κ1) is 27.5. The third-order valence-electron chi connectivity index (χ3n) is 6.97. The van der Waals surface area contributed by atoms with Crippen molar-refractivity contribution in [2.45, 2.75) is 81.6 Å². The van der Waals surface area contributed by atoms with E-state index in [1.807, 2.05) is 38.1 Å². The molecule has 0 bridgehead atoms. The summed E-state index contributed by atoms with van der Waals surface area (Å²) in [6, 6.07) is 5.38. The van der Waals surface area contributed by atoms with Gasteiger partial charge in [-0.3, -0.25) is 14.4 Å². The molecule has 1 aromatic heterocycles. The Morgan fingerprint density at radius 1 is 1.24 bits per heavy atom. The van der Waals surface area contributed by atoms with Crippen molar-refractivity contribution in [3.05, 3.63) is 41.0 Å². The molecule has 2 aliphatic rings. The number of carbonyl (C=O) groups excluding carboxylic acids is 3. The van der Waals surface area contributed by atoms with Gasteiger partial charge in [0.05, 0.1) is 28.2 Å². The Morgan fingerprint density at radius 3 is 2.43 bits per heavy atom. The number of aliphatic hydroxyl groups is 1. The molecule has 3 N–H and O–H groups in total. The van der Waals surface area contributed by atoms with Gasteiger partial charge >= 0.3 is 0 Å². The number of hydrogen-bond donors (Lipinski definition) is 4. The lowest BCUT2D eigenvalue weighted by molar-refractivity contribution is -0.143. The number of halogens is 1. The van der Waals surface area contributed by atoms with Crippen LogP contribution in [0.25, 0.3) is 10.4 Å². The van der Waals surface area contributed by atoms with Gasteiger partial charge in [-0.1, -0.05) is 24.3 Å². The Hall–Kier alpha value is -2.50. The van der Waals surface area contributed by atoms with Gasteiger partial charge < -0.3 is 20.6 Å². The lowest BCUT2D eigenvalue weighted by atomic mass is 10.00. The number of hydrogen-bond acceptors (Lipinski definition) is 7. The van der Waals surface area contributed by atoms with Crippen LogP contribution in [0.3, 0.4) is 0 Å². The van der Waals surface area contributed by atoms with Gasteiger partial charge in [-0.2, -0.15) is 12.6 Å². The van der Waals surface area contributed by atoms with Crippen LogP contribution >= 0.6 is 24.0 Å². The number of aliphatic hydroxyl groups excluding tert-OH is 1. The fraction of sp³-hybridized carbons (Fsp3) is 0.538. The molecule has 2 heterocycles. The zero-order valence-corrected chi connectivity index (χ0v) is 23.0. The minimum Gasteiger partial charge on any atom is -0.391 e. The third kappa shape index (κ3) is 5.99. The summed E-state index contributed by atoms with van der Waals surface area (Å²) in [6.45, 7) is 7.01. The van der Waals surface area contributed by atoms with E-state index >= 15 is 0 Å². The molecule has 200 valence electrons. The van der Waals surface area contributed by atoms with E-state index in [4.69, 9.17) is 0 Å². The number of thiol groups is 1. The number of likely N-dealkylation sites (tertiary alicyclic amines) is 1. The predicted octanol–water partition coefficient (Wildman–Crippen LogP) is 2.95. The summed E-state index contributed by atoms with van der Waals surface area (Å²) in [5.74, 6) is -1.84. The highest BCUT2D eigenvalue weighted by Gasteiger charge is 2.53. The molecule has 0 spiro atoms. The number of rotatable bonds is 8. The lowest BCUT2D eigenvalue weighted by Crippen LogP contribution is -2.60. The molecule has 0 radical (unpaired) electrons. The Labute approximate surface area is 225 Å². The van der Waals surface area contributed by atoms with Crippen molar-refractivity contribution in [1.29, 1.82) is 0 Å². The number of nitrogens with one attached hydrogen (secondary N) is 2. The summed E-state index contributed by atoms with van der Waals surface area (Å²) < 4.78 is 13.3. The Balaban J connectivity index is 1.46. The first-order valence-corrected chi connectivity index (χ1v) is 13.6. The summed E-state index contributed by atoms with van der Waals surface area (Å²) >= 11 is 6.03. The molecule has 3 amide bonds. The van der Waals surface area contributed by atoms with Crippen LogP contribution in [-0.2, 0) is 14.4 Å². The zero-order chi connectivity index (χ0) is 27.1. The highest BCUT2D eigenvalue weighted by molar-refractivity contribution is 7.81. The molecule has 4 atom stereocenters. The van der Waals surface area contributed by atoms with Crippen molar-refractivity contribution in [1.82, 2.24) is 20.5 Å². The number of alkyl halides is 1. The second kappa shape index (κ2) is 10.3. The van der Waals surface area contributed by atoms with Crippen LogP contribution < -0.4 is 10.6 Å². The standard InChI is InChI=1S/C26H33FN4O4S2/c1-14(16-5-7-17(8-6-16)20-15(2)28-13-37-20)29-22(33)19-11-18(32)12-31(19)23(34)21(25(3,4)36)30-24(35)26(27)9-10-26/h5-8,13-14,18-19,21,32,36H,9-12H2,1-4H3,(H,29,33)(H,30,35)/t14-,18+,19+,21+/m0/s1. The molecule has 0 unspecified atom stereocenters. The second-order valence-electron chi connectivity index (χ2n) is 10.5. The minimum atomic E-state index is -1.96. The average Bonchev–Trinajstić information content (AvgIpc) is 3.25. The van der Waals surface area contributed by atoms with Crippen molar-refractivity contribution < 1.29 is 23.9 Å². The Morgan fingerprint density at radius 2 is 1.89 bits per heavy atom. The van der Waals surface area contributed by atoms with Gasteiger partial charge in [0, 0.05) is 17.7 Å². The number of nitrogens with zero attached hydrogens (tertiary/aromatic N) is 2. The maximum Gasteiger partial charge on any atom is 0.258 e. The molecule has 1 aliphatic heterocycles. The number of amides is 3. The number of benzene rings is 1. The van der Waals surface area contributed by atoms with Gasteiger partial charge in [0.25, 0.3) is 5.91 Å². The molecular formula is C26H33FN4O4S2. The highest BCUT2D eigenvalue weighted by Crippen LogP contribution is 2.40. The van der Waals surface area contributed by atoms with Crippen molar-refractivity contribution in [2.24, 2.45) is 0 Å². The molecule has 37 heavy (non-hydrogen) atoms. The van der Waals surface area contributed by atoms with Gasteiger partial charge in [0.1, 0.15) is 12.1 Å². The van der Waals surface area contributed by atoms with Crippen molar-refractivity contribution >= 4 is 41.7 Å². The molecule has 1 saturated carbocycles. The molecule has 1 saturated heterocycles. The number of aromatic nitrogens is 1. The van der Waals surface area contributed by atoms with E-state index in [1.54, 1.807) is 30.7 Å². The normalized spacial score (nSPS) is 22.3. The number of β-amino-alcohol motifs (C(OH)–C–C–N with tert-alkyl or cyclic N) is 1. The molecular weight excluding hydrogens is 515 g/mol. The molecule has 1 aromatic carbocycles. The van der Waals surface area contributed by atoms with E-state index in [0.717, 1.165) is 21.7 Å². The Bertz CT molecular complexity index is 1180. The minimum absolute atomic E-state index is 0.0641. The number of aryl methyl sites for hydroxylation is 1. The first-order valence-electron chi connectivity index (χ1n) is 12.3. The van der Waals surface area contributed by atoms with Crippen LogP contribution in [-0.4, -0.2) is 67.9 Å². The monoisotopic (exact) mass is 548 g/mol. The van der Waals surface area contributed by atoms with Crippen molar-refractivity contribution in [3.63, 3.8) is 0 Å². The van der Waals surface area contributed by atoms with Crippen LogP contribution in [0.1, 0.15) is 57.3 Å². The fourth-order valence-corrected chi connectivity index (χ4v) is 5.49. The largest absolute Gasteiger partial charge is 0.391 e. The van der Waals surface area contributed by atoms with E-state index < -0.39 is 46.3 Å². The summed E-state index contributed by atoms with van der Waals surface area (Å²) in [5.41, 5.74) is 2.73. The highest BCUT2D eigenvalue weighted by atomic mass is 32.1. The van der Waals surface area contributed by atoms with Gasteiger partial charge in [0.2, 0.25) is 11.8 Å². The maximum absolute atomic E-state index is 14.3. The molecule has 8 nitrogen and oxygen atoms in total. The molecule has 2 fully saturated rings. The van der Waals surface area contributed by atoms with Gasteiger partial charge in [-0.15, -0.1) is 11.3 Å². The average molecular weight is 549 g/mol. The number of carbonyl (C=O) groups is 3. The van der Waals surface area contributed by atoms with Gasteiger partial charge in [0.15, 0.2) is 5.67 Å². The van der Waals surface area contributed by atoms with E-state index in [9.17, 15) is 23.9 Å². The molecule has 1 aliphatic carbocycles. The van der Waals surface area contributed by atoms with E-state index in [1.165, 1.54) is 4.90 Å². The summed E-state index contributed by atoms with van der Waals surface area (Å²) in [6.07, 6.45) is -0.604. The van der Waals surface area contributed by atoms with Crippen molar-refractivity contribution in [2.75, 3.05) is 6.54 Å². The van der Waals surface area contributed by atoms with E-state index in [-0.39, 0.29) is 31.8 Å².